The Bertz CT molecular complexity index is 555. The molecule has 0 atom stereocenters. The standard InChI is InChI=1S/C12H15N5OS/c13-10-3-1-2-4-11(10)18-7-8-19-12-14-15-16-17(12)9-5-6-9/h1-4,9H,5-8,13H2. The number of benzene rings is 1. The molecule has 1 aliphatic carbocycles. The first kappa shape index (κ1) is 12.3. The van der Waals surface area contributed by atoms with Gasteiger partial charge in [-0.25, -0.2) is 4.68 Å². The summed E-state index contributed by atoms with van der Waals surface area (Å²) in [4.78, 5) is 0. The summed E-state index contributed by atoms with van der Waals surface area (Å²) in [5.74, 6) is 1.52. The summed E-state index contributed by atoms with van der Waals surface area (Å²) in [6.07, 6.45) is 2.35. The van der Waals surface area contributed by atoms with E-state index < -0.39 is 0 Å². The lowest BCUT2D eigenvalue weighted by Gasteiger charge is -2.07. The average Bonchev–Trinajstić information content (AvgIpc) is 3.16. The molecule has 19 heavy (non-hydrogen) atoms. The van der Waals surface area contributed by atoms with Crippen molar-refractivity contribution >= 4 is 17.4 Å². The molecule has 0 amide bonds. The Morgan fingerprint density at radius 1 is 1.37 bits per heavy atom. The predicted molar refractivity (Wildman–Crippen MR) is 73.2 cm³/mol. The molecule has 6 nitrogen and oxygen atoms in total. The van der Waals surface area contributed by atoms with E-state index in [0.717, 1.165) is 16.7 Å². The molecule has 1 aromatic carbocycles. The SMILES string of the molecule is Nc1ccccc1OCCSc1nnnn1C1CC1. The number of nitrogen functional groups attached to an aromatic ring is 1. The van der Waals surface area contributed by atoms with Crippen LogP contribution in [0.5, 0.6) is 5.75 Å². The maximum absolute atomic E-state index is 5.80. The van der Waals surface area contributed by atoms with Crippen LogP contribution < -0.4 is 10.5 Å². The first-order valence-electron chi connectivity index (χ1n) is 6.22. The fourth-order valence-corrected chi connectivity index (χ4v) is 2.49. The average molecular weight is 277 g/mol. The maximum Gasteiger partial charge on any atom is 0.209 e. The molecule has 1 fully saturated rings. The van der Waals surface area contributed by atoms with Crippen molar-refractivity contribution in [2.24, 2.45) is 0 Å². The van der Waals surface area contributed by atoms with Gasteiger partial charge in [-0.1, -0.05) is 23.9 Å². The van der Waals surface area contributed by atoms with Crippen LogP contribution in [0.15, 0.2) is 29.4 Å². The largest absolute Gasteiger partial charge is 0.491 e. The molecule has 0 bridgehead atoms. The lowest BCUT2D eigenvalue weighted by atomic mass is 10.3. The Hall–Kier alpha value is -1.76. The van der Waals surface area contributed by atoms with E-state index in [0.29, 0.717) is 18.3 Å². The van der Waals surface area contributed by atoms with E-state index in [1.165, 1.54) is 12.8 Å². The highest BCUT2D eigenvalue weighted by atomic mass is 32.2. The predicted octanol–water partition coefficient (Wildman–Crippen LogP) is 1.76. The molecule has 0 saturated heterocycles. The van der Waals surface area contributed by atoms with Crippen molar-refractivity contribution < 1.29 is 4.74 Å². The zero-order chi connectivity index (χ0) is 13.1. The molecule has 0 spiro atoms. The van der Waals surface area contributed by atoms with E-state index in [1.54, 1.807) is 11.8 Å². The number of anilines is 1. The number of aromatic nitrogens is 4. The van der Waals surface area contributed by atoms with Gasteiger partial charge in [-0.15, -0.1) is 5.10 Å². The van der Waals surface area contributed by atoms with Crippen molar-refractivity contribution in [3.63, 3.8) is 0 Å². The van der Waals surface area contributed by atoms with Crippen LogP contribution in [0.1, 0.15) is 18.9 Å². The molecular weight excluding hydrogens is 262 g/mol. The van der Waals surface area contributed by atoms with Gasteiger partial charge in [0.2, 0.25) is 5.16 Å². The molecule has 0 radical (unpaired) electrons. The quantitative estimate of drug-likeness (QED) is 0.492. The number of ether oxygens (including phenoxy) is 1. The van der Waals surface area contributed by atoms with Crippen LogP contribution in [0.3, 0.4) is 0 Å². The highest BCUT2D eigenvalue weighted by molar-refractivity contribution is 7.99. The van der Waals surface area contributed by atoms with Gasteiger partial charge in [0.1, 0.15) is 5.75 Å². The number of tetrazole rings is 1. The van der Waals surface area contributed by atoms with Crippen LogP contribution in [0.4, 0.5) is 5.69 Å². The molecule has 7 heteroatoms. The summed E-state index contributed by atoms with van der Waals surface area (Å²) < 4.78 is 7.53. The number of rotatable bonds is 6. The van der Waals surface area contributed by atoms with E-state index in [4.69, 9.17) is 10.5 Å². The van der Waals surface area contributed by atoms with Gasteiger partial charge in [0.05, 0.1) is 18.3 Å². The first-order valence-corrected chi connectivity index (χ1v) is 7.21. The minimum atomic E-state index is 0.503. The summed E-state index contributed by atoms with van der Waals surface area (Å²) >= 11 is 1.61. The third kappa shape index (κ3) is 2.98. The highest BCUT2D eigenvalue weighted by Crippen LogP contribution is 2.36. The Morgan fingerprint density at radius 3 is 3.00 bits per heavy atom. The van der Waals surface area contributed by atoms with Crippen LogP contribution in [0.2, 0.25) is 0 Å². The number of para-hydroxylation sites is 2. The van der Waals surface area contributed by atoms with Crippen LogP contribution >= 0.6 is 11.8 Å². The summed E-state index contributed by atoms with van der Waals surface area (Å²) in [6, 6.07) is 8.00. The first-order chi connectivity index (χ1) is 9.34. The second kappa shape index (κ2) is 5.48. The van der Waals surface area contributed by atoms with Gasteiger partial charge in [0.25, 0.3) is 0 Å². The number of nitrogens with zero attached hydrogens (tertiary/aromatic N) is 4. The second-order valence-electron chi connectivity index (χ2n) is 4.37. The fourth-order valence-electron chi connectivity index (χ4n) is 1.73. The highest BCUT2D eigenvalue weighted by Gasteiger charge is 2.27. The molecule has 0 unspecified atom stereocenters. The van der Waals surface area contributed by atoms with Gasteiger partial charge in [-0.3, -0.25) is 0 Å². The van der Waals surface area contributed by atoms with Gasteiger partial charge in [0.15, 0.2) is 0 Å². The van der Waals surface area contributed by atoms with E-state index in [-0.39, 0.29) is 0 Å². The lowest BCUT2D eigenvalue weighted by Crippen LogP contribution is -2.04. The van der Waals surface area contributed by atoms with Gasteiger partial charge in [-0.05, 0) is 35.4 Å². The molecule has 0 aliphatic heterocycles. The Balaban J connectivity index is 1.48. The summed E-state index contributed by atoms with van der Waals surface area (Å²) in [5, 5.41) is 12.6. The third-order valence-corrected chi connectivity index (χ3v) is 3.74. The molecule has 1 saturated carbocycles. The maximum atomic E-state index is 5.80. The minimum Gasteiger partial charge on any atom is -0.491 e. The summed E-state index contributed by atoms with van der Waals surface area (Å²) in [6.45, 7) is 0.580. The molecular formula is C12H15N5OS. The Kier molecular flexibility index (Phi) is 3.54. The van der Waals surface area contributed by atoms with Crippen LogP contribution in [0, 0.1) is 0 Å². The van der Waals surface area contributed by atoms with Gasteiger partial charge < -0.3 is 10.5 Å². The molecule has 1 aliphatic rings. The van der Waals surface area contributed by atoms with E-state index in [9.17, 15) is 0 Å². The van der Waals surface area contributed by atoms with Gasteiger partial charge >= 0.3 is 0 Å². The lowest BCUT2D eigenvalue weighted by molar-refractivity contribution is 0.345. The van der Waals surface area contributed by atoms with Crippen LogP contribution in [-0.2, 0) is 0 Å². The van der Waals surface area contributed by atoms with Gasteiger partial charge in [-0.2, -0.15) is 0 Å². The normalized spacial score (nSPS) is 14.5. The second-order valence-corrected chi connectivity index (χ2v) is 5.43. The zero-order valence-corrected chi connectivity index (χ0v) is 11.2. The molecule has 1 aromatic heterocycles. The van der Waals surface area contributed by atoms with E-state index in [1.807, 2.05) is 28.9 Å². The van der Waals surface area contributed by atoms with Crippen LogP contribution in [0.25, 0.3) is 0 Å². The van der Waals surface area contributed by atoms with Crippen molar-refractivity contribution in [3.05, 3.63) is 24.3 Å². The molecule has 1 heterocycles. The topological polar surface area (TPSA) is 78.8 Å². The van der Waals surface area contributed by atoms with Crippen LogP contribution in [-0.4, -0.2) is 32.6 Å². The van der Waals surface area contributed by atoms with Crippen molar-refractivity contribution in [3.8, 4) is 5.75 Å². The Labute approximate surface area is 115 Å². The Morgan fingerprint density at radius 2 is 2.21 bits per heavy atom. The van der Waals surface area contributed by atoms with Crippen molar-refractivity contribution in [2.75, 3.05) is 18.1 Å². The fraction of sp³-hybridized carbons (Fsp3) is 0.417. The van der Waals surface area contributed by atoms with Crippen molar-refractivity contribution in [2.45, 2.75) is 24.0 Å². The van der Waals surface area contributed by atoms with Crippen molar-refractivity contribution in [1.82, 2.24) is 20.2 Å². The third-order valence-electron chi connectivity index (χ3n) is 2.85. The monoisotopic (exact) mass is 277 g/mol. The zero-order valence-electron chi connectivity index (χ0n) is 10.4. The number of hydrogen-bond donors (Lipinski definition) is 1. The minimum absolute atomic E-state index is 0.503. The summed E-state index contributed by atoms with van der Waals surface area (Å²) in [5.41, 5.74) is 6.46. The molecule has 100 valence electrons. The smallest absolute Gasteiger partial charge is 0.209 e. The van der Waals surface area contributed by atoms with Gasteiger partial charge in [0, 0.05) is 5.75 Å². The summed E-state index contributed by atoms with van der Waals surface area (Å²) in [7, 11) is 0. The molecule has 2 aromatic rings. The number of thioether (sulfide) groups is 1. The van der Waals surface area contributed by atoms with E-state index >= 15 is 0 Å². The molecule has 3 rings (SSSR count). The number of hydrogen-bond acceptors (Lipinski definition) is 6. The van der Waals surface area contributed by atoms with E-state index in [2.05, 4.69) is 15.5 Å². The number of nitrogens with two attached hydrogens (primary N) is 1. The molecule has 2 N–H and O–H groups in total. The van der Waals surface area contributed by atoms with Crippen molar-refractivity contribution in [1.29, 1.82) is 0 Å².